The molecule has 0 spiro atoms. The molecule has 0 heterocycles. The van der Waals surface area contributed by atoms with E-state index in [4.69, 9.17) is 10.9 Å². The maximum atomic E-state index is 8.45. The van der Waals surface area contributed by atoms with Gasteiger partial charge in [-0.3, -0.25) is 0 Å². The van der Waals surface area contributed by atoms with E-state index in [0.717, 1.165) is 5.75 Å². The van der Waals surface area contributed by atoms with Crippen molar-refractivity contribution in [3.63, 3.8) is 0 Å². The summed E-state index contributed by atoms with van der Waals surface area (Å²) in [6.45, 7) is 1.92. The fourth-order valence-corrected chi connectivity index (χ4v) is 1.81. The zero-order valence-electron chi connectivity index (χ0n) is 8.05. The predicted molar refractivity (Wildman–Crippen MR) is 60.6 cm³/mol. The fraction of sp³-hybridized carbons (Fsp3) is 0.300. The fourth-order valence-electron chi connectivity index (χ4n) is 0.962. The third-order valence-electron chi connectivity index (χ3n) is 1.87. The number of benzene rings is 1. The highest BCUT2D eigenvalue weighted by molar-refractivity contribution is 7.99. The number of rotatable bonds is 4. The van der Waals surface area contributed by atoms with Crippen LogP contribution in [0.1, 0.15) is 12.5 Å². The van der Waals surface area contributed by atoms with Crippen LogP contribution in [0.3, 0.4) is 0 Å². The van der Waals surface area contributed by atoms with Crippen molar-refractivity contribution in [2.75, 3.05) is 0 Å². The summed E-state index contributed by atoms with van der Waals surface area (Å²) >= 11 is 1.65. The Morgan fingerprint density at radius 1 is 1.50 bits per heavy atom. The molecule has 0 saturated carbocycles. The molecule has 0 aliphatic carbocycles. The van der Waals surface area contributed by atoms with Crippen LogP contribution < -0.4 is 5.73 Å². The van der Waals surface area contributed by atoms with Gasteiger partial charge < -0.3 is 10.9 Å². The van der Waals surface area contributed by atoms with E-state index in [2.05, 4.69) is 17.3 Å². The summed E-state index contributed by atoms with van der Waals surface area (Å²) in [6, 6.07) is 10.1. The SMILES string of the molecule is CC(SCc1ccccc1)C(N)=NO. The zero-order valence-corrected chi connectivity index (χ0v) is 8.87. The first-order chi connectivity index (χ1) is 6.74. The highest BCUT2D eigenvalue weighted by Crippen LogP contribution is 2.17. The summed E-state index contributed by atoms with van der Waals surface area (Å²) in [5.74, 6) is 1.14. The van der Waals surface area contributed by atoms with Gasteiger partial charge in [0.25, 0.3) is 0 Å². The summed E-state index contributed by atoms with van der Waals surface area (Å²) < 4.78 is 0. The Balaban J connectivity index is 2.42. The molecule has 0 saturated heterocycles. The molecular weight excluding hydrogens is 196 g/mol. The molecule has 1 aromatic rings. The number of amidine groups is 1. The second kappa shape index (κ2) is 5.54. The molecule has 1 unspecified atom stereocenters. The van der Waals surface area contributed by atoms with Gasteiger partial charge in [0.05, 0.1) is 5.25 Å². The van der Waals surface area contributed by atoms with Gasteiger partial charge in [-0.1, -0.05) is 35.5 Å². The Hall–Kier alpha value is -1.16. The molecule has 0 aromatic heterocycles. The summed E-state index contributed by atoms with van der Waals surface area (Å²) in [7, 11) is 0. The summed E-state index contributed by atoms with van der Waals surface area (Å²) in [4.78, 5) is 0. The molecule has 0 aliphatic heterocycles. The molecule has 0 amide bonds. The predicted octanol–water partition coefficient (Wildman–Crippen LogP) is 2.05. The number of hydrogen-bond donors (Lipinski definition) is 2. The molecule has 1 atom stereocenters. The van der Waals surface area contributed by atoms with E-state index in [-0.39, 0.29) is 11.1 Å². The van der Waals surface area contributed by atoms with Gasteiger partial charge in [0.1, 0.15) is 0 Å². The van der Waals surface area contributed by atoms with Crippen molar-refractivity contribution in [2.45, 2.75) is 17.9 Å². The lowest BCUT2D eigenvalue weighted by atomic mass is 10.2. The van der Waals surface area contributed by atoms with Crippen molar-refractivity contribution in [1.29, 1.82) is 0 Å². The molecule has 0 bridgehead atoms. The normalized spacial score (nSPS) is 13.9. The van der Waals surface area contributed by atoms with Crippen LogP contribution in [0.4, 0.5) is 0 Å². The third kappa shape index (κ3) is 3.30. The molecule has 14 heavy (non-hydrogen) atoms. The van der Waals surface area contributed by atoms with Gasteiger partial charge in [-0.05, 0) is 12.5 Å². The third-order valence-corrected chi connectivity index (χ3v) is 3.12. The van der Waals surface area contributed by atoms with Crippen molar-refractivity contribution in [2.24, 2.45) is 10.9 Å². The van der Waals surface area contributed by atoms with Crippen LogP contribution in [0.25, 0.3) is 0 Å². The molecule has 4 heteroatoms. The number of thioether (sulfide) groups is 1. The average molecular weight is 210 g/mol. The van der Waals surface area contributed by atoms with Crippen molar-refractivity contribution in [3.05, 3.63) is 35.9 Å². The minimum absolute atomic E-state index is 0.0419. The number of oxime groups is 1. The van der Waals surface area contributed by atoms with E-state index in [0.29, 0.717) is 0 Å². The van der Waals surface area contributed by atoms with Crippen molar-refractivity contribution in [3.8, 4) is 0 Å². The van der Waals surface area contributed by atoms with E-state index < -0.39 is 0 Å². The summed E-state index contributed by atoms with van der Waals surface area (Å²) in [5.41, 5.74) is 6.71. The van der Waals surface area contributed by atoms with Gasteiger partial charge in [0, 0.05) is 5.75 Å². The lowest BCUT2D eigenvalue weighted by molar-refractivity contribution is 0.317. The van der Waals surface area contributed by atoms with Gasteiger partial charge in [-0.25, -0.2) is 0 Å². The number of hydrogen-bond acceptors (Lipinski definition) is 3. The first-order valence-electron chi connectivity index (χ1n) is 4.37. The van der Waals surface area contributed by atoms with Gasteiger partial charge in [0.2, 0.25) is 0 Å². The lowest BCUT2D eigenvalue weighted by Gasteiger charge is -2.08. The van der Waals surface area contributed by atoms with Gasteiger partial charge in [-0.2, -0.15) is 0 Å². The van der Waals surface area contributed by atoms with Gasteiger partial charge in [0.15, 0.2) is 5.84 Å². The van der Waals surface area contributed by atoms with Crippen LogP contribution in [0.2, 0.25) is 0 Å². The number of nitrogens with zero attached hydrogens (tertiary/aromatic N) is 1. The van der Waals surface area contributed by atoms with Crippen LogP contribution in [-0.2, 0) is 5.75 Å². The van der Waals surface area contributed by atoms with Gasteiger partial charge >= 0.3 is 0 Å². The maximum Gasteiger partial charge on any atom is 0.152 e. The molecule has 1 rings (SSSR count). The van der Waals surface area contributed by atoms with E-state index in [1.807, 2.05) is 25.1 Å². The minimum atomic E-state index is 0.0419. The number of nitrogens with two attached hydrogens (primary N) is 1. The van der Waals surface area contributed by atoms with E-state index in [1.54, 1.807) is 11.8 Å². The van der Waals surface area contributed by atoms with Crippen LogP contribution in [0.5, 0.6) is 0 Å². The highest BCUT2D eigenvalue weighted by atomic mass is 32.2. The smallest absolute Gasteiger partial charge is 0.152 e. The molecule has 3 N–H and O–H groups in total. The van der Waals surface area contributed by atoms with Gasteiger partial charge in [-0.15, -0.1) is 11.8 Å². The Labute approximate surface area is 88.0 Å². The van der Waals surface area contributed by atoms with Crippen LogP contribution in [0, 0.1) is 0 Å². The molecular formula is C10H14N2OS. The Morgan fingerprint density at radius 3 is 2.71 bits per heavy atom. The second-order valence-electron chi connectivity index (χ2n) is 2.96. The summed E-state index contributed by atoms with van der Waals surface area (Å²) in [6.07, 6.45) is 0. The van der Waals surface area contributed by atoms with Crippen LogP contribution in [0.15, 0.2) is 35.5 Å². The van der Waals surface area contributed by atoms with Crippen LogP contribution >= 0.6 is 11.8 Å². The molecule has 76 valence electrons. The van der Waals surface area contributed by atoms with Crippen molar-refractivity contribution >= 4 is 17.6 Å². The molecule has 1 aromatic carbocycles. The van der Waals surface area contributed by atoms with Crippen molar-refractivity contribution in [1.82, 2.24) is 0 Å². The van der Waals surface area contributed by atoms with Crippen molar-refractivity contribution < 1.29 is 5.21 Å². The lowest BCUT2D eigenvalue weighted by Crippen LogP contribution is -2.23. The first-order valence-corrected chi connectivity index (χ1v) is 5.42. The highest BCUT2D eigenvalue weighted by Gasteiger charge is 2.07. The zero-order chi connectivity index (χ0) is 10.4. The Kier molecular flexibility index (Phi) is 4.32. The molecule has 0 fully saturated rings. The largest absolute Gasteiger partial charge is 0.409 e. The quantitative estimate of drug-likeness (QED) is 0.346. The Morgan fingerprint density at radius 2 is 2.14 bits per heavy atom. The molecule has 0 radical (unpaired) electrons. The van der Waals surface area contributed by atoms with E-state index in [9.17, 15) is 0 Å². The average Bonchev–Trinajstić information content (AvgIpc) is 2.26. The Bertz CT molecular complexity index is 300. The first kappa shape index (κ1) is 10.9. The minimum Gasteiger partial charge on any atom is -0.409 e. The standard InChI is InChI=1S/C10H14N2OS/c1-8(10(11)12-13)14-7-9-5-3-2-4-6-9/h2-6,8,13H,7H2,1H3,(H2,11,12). The second-order valence-corrected chi connectivity index (χ2v) is 4.29. The van der Waals surface area contributed by atoms with Crippen LogP contribution in [-0.4, -0.2) is 16.3 Å². The molecule has 3 nitrogen and oxygen atoms in total. The monoisotopic (exact) mass is 210 g/mol. The molecule has 0 aliphatic rings. The topological polar surface area (TPSA) is 58.6 Å². The summed E-state index contributed by atoms with van der Waals surface area (Å²) in [5, 5.41) is 11.5. The van der Waals surface area contributed by atoms with E-state index >= 15 is 0 Å². The van der Waals surface area contributed by atoms with E-state index in [1.165, 1.54) is 5.56 Å². The maximum absolute atomic E-state index is 8.45.